The second-order valence-corrected chi connectivity index (χ2v) is 15.6. The standard InChI is InChI=1S/C50H24F12N6.2C2H4/c51-47(52,53)29-11-15-38-34(20-29)35-21-30(48(54,55)56)12-16-39(35)67(38)42-19-28(25-63)33(46-65-44(26-7-3-1-4-8-26)64-45(66-46)27-9-5-2-6-10-27)24-43(42)68-40-17-13-31(49(57,58)59)22-36(40)37-23-32(50(60,61)62)14-18-41(37)68;2*1-2/h1-24H;2*1-2H2. The molecular formula is C54H32F12N6. The maximum Gasteiger partial charge on any atom is 0.416 e. The summed E-state index contributed by atoms with van der Waals surface area (Å²) in [5.74, 6) is 0.167. The third-order valence-corrected chi connectivity index (χ3v) is 11.5. The highest BCUT2D eigenvalue weighted by Gasteiger charge is 2.36. The molecule has 362 valence electrons. The molecule has 0 N–H and O–H groups in total. The highest BCUT2D eigenvalue weighted by Crippen LogP contribution is 2.45. The van der Waals surface area contributed by atoms with Crippen molar-refractivity contribution in [1.29, 1.82) is 5.26 Å². The highest BCUT2D eigenvalue weighted by molar-refractivity contribution is 6.12. The Kier molecular flexibility index (Phi) is 12.8. The number of hydrogen-bond donors (Lipinski definition) is 0. The van der Waals surface area contributed by atoms with Crippen LogP contribution in [0.5, 0.6) is 0 Å². The summed E-state index contributed by atoms with van der Waals surface area (Å²) < 4.78 is 174. The Balaban J connectivity index is 0.00000169. The Morgan fingerprint density at radius 1 is 0.375 bits per heavy atom. The molecule has 0 fully saturated rings. The van der Waals surface area contributed by atoms with E-state index in [-0.39, 0.29) is 83.6 Å². The van der Waals surface area contributed by atoms with Crippen molar-refractivity contribution >= 4 is 43.6 Å². The molecule has 0 aliphatic carbocycles. The molecule has 0 amide bonds. The molecule has 7 aromatic carbocycles. The minimum atomic E-state index is -4.95. The maximum absolute atomic E-state index is 14.3. The lowest BCUT2D eigenvalue weighted by Crippen LogP contribution is -2.08. The first-order valence-electron chi connectivity index (χ1n) is 21.1. The number of benzene rings is 7. The number of rotatable bonds is 5. The van der Waals surface area contributed by atoms with Crippen LogP contribution < -0.4 is 0 Å². The van der Waals surface area contributed by atoms with E-state index >= 15 is 0 Å². The zero-order valence-corrected chi connectivity index (χ0v) is 36.9. The molecular weight excluding hydrogens is 961 g/mol. The number of hydrogen-bond acceptors (Lipinski definition) is 4. The third kappa shape index (κ3) is 9.00. The zero-order valence-electron chi connectivity index (χ0n) is 36.9. The van der Waals surface area contributed by atoms with Gasteiger partial charge in [-0.05, 0) is 84.9 Å². The van der Waals surface area contributed by atoms with Gasteiger partial charge in [0.05, 0.1) is 67.3 Å². The molecule has 0 saturated heterocycles. The van der Waals surface area contributed by atoms with Crippen LogP contribution >= 0.6 is 0 Å². The van der Waals surface area contributed by atoms with Crippen LogP contribution in [0.2, 0.25) is 0 Å². The summed E-state index contributed by atoms with van der Waals surface area (Å²) in [4.78, 5) is 14.2. The van der Waals surface area contributed by atoms with Gasteiger partial charge < -0.3 is 9.13 Å². The van der Waals surface area contributed by atoms with E-state index in [0.29, 0.717) is 59.7 Å². The second kappa shape index (κ2) is 18.6. The first kappa shape index (κ1) is 49.7. The quantitative estimate of drug-likeness (QED) is 0.127. The van der Waals surface area contributed by atoms with Gasteiger partial charge in [-0.1, -0.05) is 60.7 Å². The summed E-state index contributed by atoms with van der Waals surface area (Å²) in [6.45, 7) is 12.0. The molecule has 72 heavy (non-hydrogen) atoms. The molecule has 0 atom stereocenters. The van der Waals surface area contributed by atoms with Crippen LogP contribution in [0.3, 0.4) is 0 Å². The molecule has 0 unspecified atom stereocenters. The van der Waals surface area contributed by atoms with E-state index in [0.717, 1.165) is 24.3 Å². The smallest absolute Gasteiger partial charge is 0.307 e. The summed E-state index contributed by atoms with van der Waals surface area (Å²) >= 11 is 0. The normalized spacial score (nSPS) is 12.1. The topological polar surface area (TPSA) is 72.3 Å². The lowest BCUT2D eigenvalue weighted by Gasteiger charge is -2.20. The molecule has 0 radical (unpaired) electrons. The van der Waals surface area contributed by atoms with E-state index in [2.05, 4.69) is 37.4 Å². The van der Waals surface area contributed by atoms with Crippen molar-refractivity contribution < 1.29 is 52.7 Å². The second-order valence-electron chi connectivity index (χ2n) is 15.6. The zero-order chi connectivity index (χ0) is 52.1. The molecule has 0 aliphatic heterocycles. The van der Waals surface area contributed by atoms with Gasteiger partial charge in [0.15, 0.2) is 17.5 Å². The Bertz CT molecular complexity index is 3530. The maximum atomic E-state index is 14.3. The van der Waals surface area contributed by atoms with Gasteiger partial charge in [-0.15, -0.1) is 26.3 Å². The van der Waals surface area contributed by atoms with Crippen LogP contribution in [0.1, 0.15) is 27.8 Å². The van der Waals surface area contributed by atoms with E-state index in [9.17, 15) is 57.9 Å². The van der Waals surface area contributed by atoms with Gasteiger partial charge in [0.1, 0.15) is 0 Å². The summed E-state index contributed by atoms with van der Waals surface area (Å²) in [6.07, 6.45) is -19.8. The number of nitrogens with zero attached hydrogens (tertiary/aromatic N) is 6. The number of fused-ring (bicyclic) bond motifs is 6. The highest BCUT2D eigenvalue weighted by atomic mass is 19.4. The van der Waals surface area contributed by atoms with Crippen LogP contribution in [0, 0.1) is 11.3 Å². The summed E-state index contributed by atoms with van der Waals surface area (Å²) in [5.41, 5.74) is -4.55. The molecule has 10 aromatic rings. The molecule has 18 heteroatoms. The van der Waals surface area contributed by atoms with Crippen LogP contribution in [0.15, 0.2) is 172 Å². The van der Waals surface area contributed by atoms with Crippen molar-refractivity contribution in [2.75, 3.05) is 0 Å². The SMILES string of the molecule is C=C.C=C.N#Cc1cc(-n2c3ccc(C(F)(F)F)cc3c3cc(C(F)(F)F)ccc32)c(-n2c3ccc(C(F)(F)F)cc3c3cc(C(F)(F)F)ccc32)cc1-c1nc(-c2ccccc2)nc(-c2ccccc2)n1. The minimum absolute atomic E-state index is 0.0312. The minimum Gasteiger partial charge on any atom is -0.307 e. The Hall–Kier alpha value is -8.72. The van der Waals surface area contributed by atoms with E-state index in [1.54, 1.807) is 60.7 Å². The van der Waals surface area contributed by atoms with E-state index in [1.807, 2.05) is 0 Å². The Morgan fingerprint density at radius 3 is 0.958 bits per heavy atom. The molecule has 0 bridgehead atoms. The molecule has 0 spiro atoms. The van der Waals surface area contributed by atoms with Gasteiger partial charge >= 0.3 is 24.7 Å². The van der Waals surface area contributed by atoms with Crippen LogP contribution in [-0.2, 0) is 24.7 Å². The summed E-state index contributed by atoms with van der Waals surface area (Å²) in [5, 5.41) is 9.77. The van der Waals surface area contributed by atoms with Crippen molar-refractivity contribution in [1.82, 2.24) is 24.1 Å². The molecule has 6 nitrogen and oxygen atoms in total. The predicted octanol–water partition coefficient (Wildman–Crippen LogP) is 16.6. The fourth-order valence-corrected chi connectivity index (χ4v) is 8.41. The fraction of sp³-hybridized carbons (Fsp3) is 0.0741. The van der Waals surface area contributed by atoms with Gasteiger partial charge in [0, 0.05) is 38.2 Å². The van der Waals surface area contributed by atoms with Gasteiger partial charge in [-0.25, -0.2) is 15.0 Å². The van der Waals surface area contributed by atoms with Gasteiger partial charge in [-0.2, -0.15) is 57.9 Å². The molecule has 10 rings (SSSR count). The predicted molar refractivity (Wildman–Crippen MR) is 252 cm³/mol. The van der Waals surface area contributed by atoms with Crippen molar-refractivity contribution in [3.63, 3.8) is 0 Å². The van der Waals surface area contributed by atoms with E-state index < -0.39 is 47.0 Å². The average molecular weight is 993 g/mol. The fourth-order valence-electron chi connectivity index (χ4n) is 8.41. The summed E-state index contributed by atoms with van der Waals surface area (Å²) in [7, 11) is 0. The van der Waals surface area contributed by atoms with Gasteiger partial charge in [0.25, 0.3) is 0 Å². The van der Waals surface area contributed by atoms with Crippen LogP contribution in [0.25, 0.3) is 89.2 Å². The van der Waals surface area contributed by atoms with Crippen molar-refractivity contribution in [2.24, 2.45) is 0 Å². The number of halogens is 12. The van der Waals surface area contributed by atoms with Crippen LogP contribution in [-0.4, -0.2) is 24.1 Å². The largest absolute Gasteiger partial charge is 0.416 e. The van der Waals surface area contributed by atoms with Crippen molar-refractivity contribution in [3.05, 3.63) is 200 Å². The van der Waals surface area contributed by atoms with Gasteiger partial charge in [0.2, 0.25) is 0 Å². The van der Waals surface area contributed by atoms with Gasteiger partial charge in [-0.3, -0.25) is 0 Å². The molecule has 0 saturated carbocycles. The Morgan fingerprint density at radius 2 is 0.667 bits per heavy atom. The van der Waals surface area contributed by atoms with Crippen molar-refractivity contribution in [3.8, 4) is 51.6 Å². The van der Waals surface area contributed by atoms with E-state index in [1.165, 1.54) is 21.3 Å². The number of aromatic nitrogens is 5. The Labute approximate surface area is 400 Å². The number of nitriles is 1. The first-order valence-corrected chi connectivity index (χ1v) is 21.1. The number of alkyl halides is 12. The van der Waals surface area contributed by atoms with Crippen LogP contribution in [0.4, 0.5) is 52.7 Å². The molecule has 3 heterocycles. The first-order chi connectivity index (χ1) is 34.2. The lowest BCUT2D eigenvalue weighted by molar-refractivity contribution is -0.138. The summed E-state index contributed by atoms with van der Waals surface area (Å²) in [6, 6.07) is 31.7. The molecule has 3 aromatic heterocycles. The van der Waals surface area contributed by atoms with E-state index in [4.69, 9.17) is 9.97 Å². The monoisotopic (exact) mass is 992 g/mol. The molecule has 0 aliphatic rings. The van der Waals surface area contributed by atoms with Crippen molar-refractivity contribution in [2.45, 2.75) is 24.7 Å². The lowest BCUT2D eigenvalue weighted by atomic mass is 10.0. The third-order valence-electron chi connectivity index (χ3n) is 11.5. The average Bonchev–Trinajstić information content (AvgIpc) is 3.88.